The fourth-order valence-corrected chi connectivity index (χ4v) is 1.64. The van der Waals surface area contributed by atoms with Crippen LogP contribution in [-0.4, -0.2) is 41.1 Å². The van der Waals surface area contributed by atoms with E-state index in [1.54, 1.807) is 7.05 Å². The summed E-state index contributed by atoms with van der Waals surface area (Å²) in [5.74, 6) is -1.38. The topological polar surface area (TPSA) is 70.1 Å². The standard InChI is InChI=1S/C12H13NO4/c1-13(7-8-5-3-2-4-6-8)11(14)9-10(17-9)12(15)16/h2-6,9-10H,7H2,1H3,(H,15,16)/t9-,10-/m0/s1. The average molecular weight is 235 g/mol. The van der Waals surface area contributed by atoms with Crippen LogP contribution in [0.15, 0.2) is 30.3 Å². The van der Waals surface area contributed by atoms with Gasteiger partial charge in [-0.05, 0) is 5.56 Å². The maximum atomic E-state index is 11.8. The van der Waals surface area contributed by atoms with Crippen molar-refractivity contribution in [3.63, 3.8) is 0 Å². The minimum atomic E-state index is -1.09. The number of epoxide rings is 1. The van der Waals surface area contributed by atoms with Crippen molar-refractivity contribution in [1.82, 2.24) is 4.90 Å². The second kappa shape index (κ2) is 4.55. The molecule has 0 aromatic heterocycles. The summed E-state index contributed by atoms with van der Waals surface area (Å²) < 4.78 is 4.81. The van der Waals surface area contributed by atoms with Crippen molar-refractivity contribution in [1.29, 1.82) is 0 Å². The van der Waals surface area contributed by atoms with Gasteiger partial charge in [0.1, 0.15) is 0 Å². The molecule has 0 saturated carbocycles. The number of aliphatic carboxylic acids is 1. The molecule has 0 bridgehead atoms. The number of carboxylic acids is 1. The molecule has 5 heteroatoms. The first kappa shape index (κ1) is 11.6. The maximum Gasteiger partial charge on any atom is 0.336 e. The number of hydrogen-bond acceptors (Lipinski definition) is 3. The van der Waals surface area contributed by atoms with Crippen LogP contribution >= 0.6 is 0 Å². The zero-order chi connectivity index (χ0) is 12.4. The fraction of sp³-hybridized carbons (Fsp3) is 0.333. The van der Waals surface area contributed by atoms with Gasteiger partial charge in [-0.3, -0.25) is 4.79 Å². The molecule has 0 aliphatic carbocycles. The Morgan fingerprint density at radius 1 is 1.29 bits per heavy atom. The largest absolute Gasteiger partial charge is 0.479 e. The molecule has 0 unspecified atom stereocenters. The van der Waals surface area contributed by atoms with Gasteiger partial charge in [0.2, 0.25) is 0 Å². The lowest BCUT2D eigenvalue weighted by Gasteiger charge is -2.15. The molecule has 90 valence electrons. The Hall–Kier alpha value is -1.88. The van der Waals surface area contributed by atoms with Gasteiger partial charge in [0.05, 0.1) is 0 Å². The van der Waals surface area contributed by atoms with Crippen LogP contribution in [0.3, 0.4) is 0 Å². The van der Waals surface area contributed by atoms with Crippen LogP contribution in [0.1, 0.15) is 5.56 Å². The van der Waals surface area contributed by atoms with Gasteiger partial charge in [-0.15, -0.1) is 0 Å². The van der Waals surface area contributed by atoms with E-state index in [0.29, 0.717) is 6.54 Å². The van der Waals surface area contributed by atoms with E-state index in [1.165, 1.54) is 4.90 Å². The number of carbonyl (C=O) groups excluding carboxylic acids is 1. The van der Waals surface area contributed by atoms with Crippen molar-refractivity contribution in [2.45, 2.75) is 18.8 Å². The molecule has 1 saturated heterocycles. The molecular weight excluding hydrogens is 222 g/mol. The summed E-state index contributed by atoms with van der Waals surface area (Å²) in [4.78, 5) is 23.8. The zero-order valence-electron chi connectivity index (χ0n) is 9.37. The highest BCUT2D eigenvalue weighted by Gasteiger charge is 2.51. The molecule has 2 atom stereocenters. The van der Waals surface area contributed by atoms with Crippen molar-refractivity contribution >= 4 is 11.9 Å². The summed E-state index contributed by atoms with van der Waals surface area (Å²) >= 11 is 0. The van der Waals surface area contributed by atoms with E-state index in [9.17, 15) is 9.59 Å². The Morgan fingerprint density at radius 3 is 2.47 bits per heavy atom. The predicted molar refractivity (Wildman–Crippen MR) is 59.2 cm³/mol. The van der Waals surface area contributed by atoms with E-state index in [4.69, 9.17) is 9.84 Å². The molecule has 1 fully saturated rings. The molecule has 0 radical (unpaired) electrons. The van der Waals surface area contributed by atoms with Crippen LogP contribution < -0.4 is 0 Å². The van der Waals surface area contributed by atoms with E-state index in [-0.39, 0.29) is 5.91 Å². The molecule has 5 nitrogen and oxygen atoms in total. The summed E-state index contributed by atoms with van der Waals surface area (Å²) in [5.41, 5.74) is 0.996. The summed E-state index contributed by atoms with van der Waals surface area (Å²) in [6.07, 6.45) is -1.79. The lowest BCUT2D eigenvalue weighted by Crippen LogP contribution is -2.32. The quantitative estimate of drug-likeness (QED) is 0.771. The lowest BCUT2D eigenvalue weighted by molar-refractivity contribution is -0.139. The van der Waals surface area contributed by atoms with E-state index >= 15 is 0 Å². The summed E-state index contributed by atoms with van der Waals surface area (Å²) in [6, 6.07) is 9.50. The third-order valence-electron chi connectivity index (χ3n) is 2.62. The second-order valence-corrected chi connectivity index (χ2v) is 4.00. The number of carboxylic acid groups (broad SMARTS) is 1. The van der Waals surface area contributed by atoms with Crippen LogP contribution in [0.4, 0.5) is 0 Å². The zero-order valence-corrected chi connectivity index (χ0v) is 9.37. The number of amides is 1. The molecule has 1 aliphatic rings. The van der Waals surface area contributed by atoms with Gasteiger partial charge in [-0.1, -0.05) is 30.3 Å². The van der Waals surface area contributed by atoms with E-state index in [2.05, 4.69) is 0 Å². The fourth-order valence-electron chi connectivity index (χ4n) is 1.64. The number of carbonyl (C=O) groups is 2. The number of nitrogens with zero attached hydrogens (tertiary/aromatic N) is 1. The number of hydrogen-bond donors (Lipinski definition) is 1. The van der Waals surface area contributed by atoms with E-state index in [0.717, 1.165) is 5.56 Å². The highest BCUT2D eigenvalue weighted by molar-refractivity contribution is 5.91. The Balaban J connectivity index is 1.91. The number of benzene rings is 1. The van der Waals surface area contributed by atoms with Crippen molar-refractivity contribution in [3.8, 4) is 0 Å². The molecule has 17 heavy (non-hydrogen) atoms. The van der Waals surface area contributed by atoms with Gasteiger partial charge >= 0.3 is 5.97 Å². The second-order valence-electron chi connectivity index (χ2n) is 4.00. The summed E-state index contributed by atoms with van der Waals surface area (Å²) in [6.45, 7) is 0.450. The Morgan fingerprint density at radius 2 is 1.94 bits per heavy atom. The van der Waals surface area contributed by atoms with E-state index in [1.807, 2.05) is 30.3 Å². The highest BCUT2D eigenvalue weighted by Crippen LogP contribution is 2.24. The van der Waals surface area contributed by atoms with Crippen LogP contribution in [-0.2, 0) is 20.9 Å². The minimum Gasteiger partial charge on any atom is -0.479 e. The van der Waals surface area contributed by atoms with E-state index < -0.39 is 18.2 Å². The van der Waals surface area contributed by atoms with Crippen LogP contribution in [0.25, 0.3) is 0 Å². The van der Waals surface area contributed by atoms with Crippen molar-refractivity contribution in [2.24, 2.45) is 0 Å². The summed E-state index contributed by atoms with van der Waals surface area (Å²) in [7, 11) is 1.63. The molecule has 1 aliphatic heterocycles. The number of ether oxygens (including phenoxy) is 1. The third-order valence-corrected chi connectivity index (χ3v) is 2.62. The van der Waals surface area contributed by atoms with Gasteiger partial charge in [0.15, 0.2) is 12.2 Å². The molecule has 1 N–H and O–H groups in total. The molecule has 0 spiro atoms. The number of likely N-dealkylation sites (N-methyl/N-ethyl adjacent to an activating group) is 1. The van der Waals surface area contributed by atoms with Gasteiger partial charge in [-0.25, -0.2) is 4.79 Å². The van der Waals surface area contributed by atoms with Crippen molar-refractivity contribution in [2.75, 3.05) is 7.05 Å². The van der Waals surface area contributed by atoms with Gasteiger partial charge in [0, 0.05) is 13.6 Å². The first-order chi connectivity index (χ1) is 8.09. The molecule has 1 aromatic rings. The number of rotatable bonds is 4. The van der Waals surface area contributed by atoms with Crippen LogP contribution in [0.5, 0.6) is 0 Å². The van der Waals surface area contributed by atoms with Gasteiger partial charge in [-0.2, -0.15) is 0 Å². The van der Waals surface area contributed by atoms with Crippen LogP contribution in [0, 0.1) is 0 Å². The first-order valence-corrected chi connectivity index (χ1v) is 5.27. The Kier molecular flexibility index (Phi) is 3.10. The van der Waals surface area contributed by atoms with Crippen molar-refractivity contribution in [3.05, 3.63) is 35.9 Å². The summed E-state index contributed by atoms with van der Waals surface area (Å²) in [5, 5.41) is 8.65. The smallest absolute Gasteiger partial charge is 0.336 e. The molecule has 1 amide bonds. The average Bonchev–Trinajstić information content (AvgIpc) is 3.09. The molecule has 2 rings (SSSR count). The predicted octanol–water partition coefficient (Wildman–Crippen LogP) is 0.497. The molecule has 1 aromatic carbocycles. The third kappa shape index (κ3) is 2.62. The minimum absolute atomic E-state index is 0.291. The van der Waals surface area contributed by atoms with Gasteiger partial charge in [0.25, 0.3) is 5.91 Å². The van der Waals surface area contributed by atoms with Crippen molar-refractivity contribution < 1.29 is 19.4 Å². The van der Waals surface area contributed by atoms with Crippen LogP contribution in [0.2, 0.25) is 0 Å². The Bertz CT molecular complexity index is 431. The Labute approximate surface area is 98.6 Å². The first-order valence-electron chi connectivity index (χ1n) is 5.27. The monoisotopic (exact) mass is 235 g/mol. The SMILES string of the molecule is CN(Cc1ccccc1)C(=O)[C@H]1O[C@@H]1C(=O)O. The highest BCUT2D eigenvalue weighted by atomic mass is 16.6. The molecule has 1 heterocycles. The molecular formula is C12H13NO4. The van der Waals surface area contributed by atoms with Gasteiger partial charge < -0.3 is 14.7 Å². The maximum absolute atomic E-state index is 11.8. The lowest BCUT2D eigenvalue weighted by atomic mass is 10.2. The normalized spacial score (nSPS) is 21.9.